The number of hydrogen-bond donors (Lipinski definition) is 1. The van der Waals surface area contributed by atoms with Gasteiger partial charge in [0.1, 0.15) is 5.69 Å². The molecule has 0 aliphatic heterocycles. The molecule has 2 heterocycles. The molecule has 8 nitrogen and oxygen atoms in total. The lowest BCUT2D eigenvalue weighted by molar-refractivity contribution is -0.154. The normalized spacial score (nSPS) is 11.1. The molecule has 0 aliphatic rings. The van der Waals surface area contributed by atoms with Gasteiger partial charge in [-0.05, 0) is 32.0 Å². The summed E-state index contributed by atoms with van der Waals surface area (Å²) in [5.74, 6) is -1.37. The highest BCUT2D eigenvalue weighted by atomic mass is 19.4. The van der Waals surface area contributed by atoms with Gasteiger partial charge >= 0.3 is 6.18 Å². The van der Waals surface area contributed by atoms with Gasteiger partial charge < -0.3 is 20.1 Å². The summed E-state index contributed by atoms with van der Waals surface area (Å²) < 4.78 is 46.7. The molecule has 2 aromatic rings. The second-order valence-corrected chi connectivity index (χ2v) is 6.29. The van der Waals surface area contributed by atoms with Gasteiger partial charge in [-0.1, -0.05) is 0 Å². The Balaban J connectivity index is 2.24. The van der Waals surface area contributed by atoms with Crippen molar-refractivity contribution in [1.82, 2.24) is 14.9 Å². The average Bonchev–Trinajstić information content (AvgIpc) is 2.69. The van der Waals surface area contributed by atoms with Crippen molar-refractivity contribution >= 4 is 11.8 Å². The zero-order valence-electron chi connectivity index (χ0n) is 16.6. The first-order valence-corrected chi connectivity index (χ1v) is 8.85. The van der Waals surface area contributed by atoms with Crippen LogP contribution in [0.1, 0.15) is 39.0 Å². The number of nitrogens with two attached hydrogens (primary N) is 1. The highest BCUT2D eigenvalue weighted by molar-refractivity contribution is 5.98. The smallest absolute Gasteiger partial charge is 0.422 e. The number of pyridine rings is 2. The highest BCUT2D eigenvalue weighted by Crippen LogP contribution is 2.24. The number of nitrogens with zero attached hydrogens (tertiary/aromatic N) is 3. The van der Waals surface area contributed by atoms with Gasteiger partial charge in [-0.25, -0.2) is 4.98 Å². The maximum Gasteiger partial charge on any atom is 0.422 e. The maximum absolute atomic E-state index is 12.9. The number of rotatable bonds is 8. The van der Waals surface area contributed by atoms with Crippen LogP contribution in [0.15, 0.2) is 24.3 Å². The van der Waals surface area contributed by atoms with Crippen LogP contribution in [0.2, 0.25) is 0 Å². The minimum absolute atomic E-state index is 0.0240. The van der Waals surface area contributed by atoms with Crippen molar-refractivity contribution in [2.45, 2.75) is 26.6 Å². The van der Waals surface area contributed by atoms with Crippen LogP contribution in [0.5, 0.6) is 11.8 Å². The van der Waals surface area contributed by atoms with Crippen molar-refractivity contribution in [3.8, 4) is 11.8 Å². The summed E-state index contributed by atoms with van der Waals surface area (Å²) >= 11 is 0. The predicted octanol–water partition coefficient (Wildman–Crippen LogP) is 2.50. The Morgan fingerprint density at radius 3 is 2.47 bits per heavy atom. The molecule has 0 atom stereocenters. The van der Waals surface area contributed by atoms with E-state index in [2.05, 4.69) is 14.7 Å². The number of aryl methyl sites for hydroxylation is 1. The third-order valence-electron chi connectivity index (χ3n) is 3.98. The Kier molecular flexibility index (Phi) is 7.19. The molecule has 162 valence electrons. The van der Waals surface area contributed by atoms with Gasteiger partial charge in [0.2, 0.25) is 17.7 Å². The average molecular weight is 426 g/mol. The van der Waals surface area contributed by atoms with Gasteiger partial charge in [0.25, 0.3) is 5.91 Å². The van der Waals surface area contributed by atoms with E-state index in [0.717, 1.165) is 0 Å². The minimum atomic E-state index is -4.50. The molecule has 0 unspecified atom stereocenters. The molecule has 2 N–H and O–H groups in total. The van der Waals surface area contributed by atoms with Crippen LogP contribution >= 0.6 is 0 Å². The van der Waals surface area contributed by atoms with Crippen LogP contribution in [0.3, 0.4) is 0 Å². The van der Waals surface area contributed by atoms with E-state index >= 15 is 0 Å². The van der Waals surface area contributed by atoms with Crippen LogP contribution in [-0.2, 0) is 6.54 Å². The molecule has 2 aromatic heterocycles. The fourth-order valence-electron chi connectivity index (χ4n) is 2.60. The van der Waals surface area contributed by atoms with E-state index in [1.54, 1.807) is 13.8 Å². The minimum Gasteiger partial charge on any atom is -0.481 e. The Hall–Kier alpha value is -3.37. The van der Waals surface area contributed by atoms with Crippen molar-refractivity contribution in [1.29, 1.82) is 0 Å². The fourth-order valence-corrected chi connectivity index (χ4v) is 2.60. The Labute approximate surface area is 170 Å². The van der Waals surface area contributed by atoms with E-state index in [0.29, 0.717) is 11.3 Å². The van der Waals surface area contributed by atoms with Gasteiger partial charge in [-0.15, -0.1) is 0 Å². The molecule has 0 aliphatic carbocycles. The third kappa shape index (κ3) is 6.06. The number of methoxy groups -OCH3 is 1. The monoisotopic (exact) mass is 426 g/mol. The summed E-state index contributed by atoms with van der Waals surface area (Å²) in [6.07, 6.45) is -4.50. The maximum atomic E-state index is 12.9. The largest absolute Gasteiger partial charge is 0.481 e. The predicted molar refractivity (Wildman–Crippen MR) is 100 cm³/mol. The summed E-state index contributed by atoms with van der Waals surface area (Å²) in [6, 6.07) is 5.51. The van der Waals surface area contributed by atoms with E-state index in [-0.39, 0.29) is 36.1 Å². The second-order valence-electron chi connectivity index (χ2n) is 6.29. The molecule has 30 heavy (non-hydrogen) atoms. The highest BCUT2D eigenvalue weighted by Gasteiger charge is 2.29. The molecule has 0 saturated heterocycles. The molecule has 2 rings (SSSR count). The number of carbonyl (C=O) groups excluding carboxylic acids is 2. The molecular weight excluding hydrogens is 405 g/mol. The lowest BCUT2D eigenvalue weighted by Crippen LogP contribution is -2.31. The number of ether oxygens (including phenoxy) is 2. The van der Waals surface area contributed by atoms with Crippen LogP contribution in [0.4, 0.5) is 13.2 Å². The second kappa shape index (κ2) is 9.42. The van der Waals surface area contributed by atoms with Crippen molar-refractivity contribution in [2.75, 3.05) is 20.3 Å². The summed E-state index contributed by atoms with van der Waals surface area (Å²) in [7, 11) is 1.30. The molecule has 0 radical (unpaired) electrons. The lowest BCUT2D eigenvalue weighted by atomic mass is 10.1. The summed E-state index contributed by atoms with van der Waals surface area (Å²) in [5.41, 5.74) is 6.40. The van der Waals surface area contributed by atoms with Crippen LogP contribution in [0, 0.1) is 6.92 Å². The first kappa shape index (κ1) is 22.9. The number of alkyl halides is 3. The van der Waals surface area contributed by atoms with Crippen LogP contribution in [-0.4, -0.2) is 53.1 Å². The SMILES string of the molecule is CCN(Cc1ccc(OCC(F)(F)F)nc1OC)C(=O)c1cc(C(N)=O)cc(C)n1. The quantitative estimate of drug-likeness (QED) is 0.695. The Morgan fingerprint density at radius 2 is 1.90 bits per heavy atom. The molecule has 0 aromatic carbocycles. The van der Waals surface area contributed by atoms with Gasteiger partial charge in [0, 0.05) is 29.4 Å². The number of aromatic nitrogens is 2. The molecule has 2 amide bonds. The molecule has 0 saturated carbocycles. The van der Waals surface area contributed by atoms with Gasteiger partial charge in [0.05, 0.1) is 13.7 Å². The van der Waals surface area contributed by atoms with E-state index in [4.69, 9.17) is 10.5 Å². The Bertz CT molecular complexity index is 934. The Morgan fingerprint density at radius 1 is 1.20 bits per heavy atom. The number of amides is 2. The summed E-state index contributed by atoms with van der Waals surface area (Å²) in [4.78, 5) is 33.8. The van der Waals surface area contributed by atoms with E-state index in [9.17, 15) is 22.8 Å². The van der Waals surface area contributed by atoms with Crippen LogP contribution in [0.25, 0.3) is 0 Å². The molecule has 11 heteroatoms. The number of carbonyl (C=O) groups is 2. The number of halogens is 3. The molecule has 0 bridgehead atoms. The zero-order chi connectivity index (χ0) is 22.5. The zero-order valence-corrected chi connectivity index (χ0v) is 16.6. The third-order valence-corrected chi connectivity index (χ3v) is 3.98. The topological polar surface area (TPSA) is 108 Å². The summed E-state index contributed by atoms with van der Waals surface area (Å²) in [6.45, 7) is 2.22. The van der Waals surface area contributed by atoms with Gasteiger partial charge in [-0.3, -0.25) is 9.59 Å². The number of hydrogen-bond acceptors (Lipinski definition) is 6. The molecule has 0 spiro atoms. The van der Waals surface area contributed by atoms with E-state index < -0.39 is 24.6 Å². The lowest BCUT2D eigenvalue weighted by Gasteiger charge is -2.22. The first-order valence-electron chi connectivity index (χ1n) is 8.85. The number of primary amides is 1. The first-order chi connectivity index (χ1) is 14.0. The fraction of sp³-hybridized carbons (Fsp3) is 0.368. The van der Waals surface area contributed by atoms with Crippen molar-refractivity contribution in [3.63, 3.8) is 0 Å². The van der Waals surface area contributed by atoms with Crippen LogP contribution < -0.4 is 15.2 Å². The van der Waals surface area contributed by atoms with Gasteiger partial charge in [0.15, 0.2) is 6.61 Å². The van der Waals surface area contributed by atoms with Crippen molar-refractivity contribution < 1.29 is 32.2 Å². The van der Waals surface area contributed by atoms with E-state index in [1.165, 1.54) is 36.3 Å². The standard InChI is InChI=1S/C19H21F3N4O4/c1-4-26(18(28)14-8-13(16(23)27)7-11(2)24-14)9-12-5-6-15(25-17(12)29-3)30-10-19(20,21)22/h5-8H,4,9-10H2,1-3H3,(H2,23,27). The van der Waals surface area contributed by atoms with Gasteiger partial charge in [-0.2, -0.15) is 18.2 Å². The molecular formula is C19H21F3N4O4. The summed E-state index contributed by atoms with van der Waals surface area (Å²) in [5, 5.41) is 0. The van der Waals surface area contributed by atoms with Crippen molar-refractivity contribution in [2.24, 2.45) is 5.73 Å². The van der Waals surface area contributed by atoms with E-state index in [1.807, 2.05) is 0 Å². The van der Waals surface area contributed by atoms with Crippen molar-refractivity contribution in [3.05, 3.63) is 46.8 Å². The molecule has 0 fully saturated rings.